The lowest BCUT2D eigenvalue weighted by molar-refractivity contribution is 0.213. The van der Waals surface area contributed by atoms with Crippen molar-refractivity contribution in [3.63, 3.8) is 0 Å². The second-order valence-electron chi connectivity index (χ2n) is 6.29. The maximum absolute atomic E-state index is 6.42. The van der Waals surface area contributed by atoms with Crippen molar-refractivity contribution in [1.82, 2.24) is 20.3 Å². The Kier molecular flexibility index (Phi) is 5.22. The van der Waals surface area contributed by atoms with Gasteiger partial charge in [-0.05, 0) is 30.7 Å². The molecule has 2 N–H and O–H groups in total. The summed E-state index contributed by atoms with van der Waals surface area (Å²) in [5.41, 5.74) is 3.25. The number of hydrogen-bond donors (Lipinski definition) is 2. The van der Waals surface area contributed by atoms with Gasteiger partial charge in [0, 0.05) is 30.5 Å². The summed E-state index contributed by atoms with van der Waals surface area (Å²) in [7, 11) is 1.61. The lowest BCUT2D eigenvalue weighted by Gasteiger charge is -2.19. The van der Waals surface area contributed by atoms with Gasteiger partial charge in [-0.1, -0.05) is 11.6 Å². The molecule has 1 aliphatic heterocycles. The Morgan fingerprint density at radius 1 is 1.22 bits per heavy atom. The molecule has 27 heavy (non-hydrogen) atoms. The molecule has 8 heteroatoms. The van der Waals surface area contributed by atoms with E-state index in [1.54, 1.807) is 31.9 Å². The van der Waals surface area contributed by atoms with Crippen molar-refractivity contribution in [2.75, 3.05) is 25.5 Å². The van der Waals surface area contributed by atoms with E-state index in [1.807, 2.05) is 12.1 Å². The van der Waals surface area contributed by atoms with Gasteiger partial charge >= 0.3 is 0 Å². The average molecular weight is 386 g/mol. The van der Waals surface area contributed by atoms with Crippen molar-refractivity contribution in [3.8, 4) is 11.5 Å². The molecule has 0 amide bonds. The topological polar surface area (TPSA) is 81.2 Å². The first kappa shape index (κ1) is 17.8. The van der Waals surface area contributed by atoms with Crippen LogP contribution in [0.1, 0.15) is 12.0 Å². The number of nitrogens with one attached hydrogen (secondary N) is 2. The van der Waals surface area contributed by atoms with Crippen molar-refractivity contribution >= 4 is 28.3 Å². The number of pyridine rings is 1. The van der Waals surface area contributed by atoms with Gasteiger partial charge in [0.05, 0.1) is 36.2 Å². The molecule has 7 nitrogen and oxygen atoms in total. The number of fused-ring (bicyclic) bond motifs is 1. The van der Waals surface area contributed by atoms with Crippen LogP contribution in [0, 0.1) is 0 Å². The molecular weight excluding hydrogens is 366 g/mol. The van der Waals surface area contributed by atoms with Crippen LogP contribution in [0.3, 0.4) is 0 Å². The highest BCUT2D eigenvalue weighted by atomic mass is 35.5. The largest absolute Gasteiger partial charge is 0.491 e. The molecule has 3 heterocycles. The summed E-state index contributed by atoms with van der Waals surface area (Å²) in [5, 5.41) is 7.30. The number of hydrogen-bond acceptors (Lipinski definition) is 7. The van der Waals surface area contributed by atoms with Gasteiger partial charge < -0.3 is 20.1 Å². The van der Waals surface area contributed by atoms with Crippen LogP contribution in [-0.4, -0.2) is 41.3 Å². The summed E-state index contributed by atoms with van der Waals surface area (Å²) < 4.78 is 11.6. The number of aromatic nitrogens is 3. The molecule has 1 aromatic carbocycles. The van der Waals surface area contributed by atoms with E-state index < -0.39 is 0 Å². The third-order valence-electron chi connectivity index (χ3n) is 4.49. The normalized spacial score (nSPS) is 16.4. The van der Waals surface area contributed by atoms with Gasteiger partial charge in [0.1, 0.15) is 6.10 Å². The first-order valence-corrected chi connectivity index (χ1v) is 9.15. The Morgan fingerprint density at radius 2 is 2.04 bits per heavy atom. The molecule has 0 radical (unpaired) electrons. The van der Waals surface area contributed by atoms with Crippen LogP contribution in [0.2, 0.25) is 5.02 Å². The molecule has 1 aliphatic rings. The van der Waals surface area contributed by atoms with E-state index in [0.717, 1.165) is 41.8 Å². The number of halogens is 1. The van der Waals surface area contributed by atoms with Crippen LogP contribution >= 0.6 is 11.6 Å². The summed E-state index contributed by atoms with van der Waals surface area (Å²) in [6.07, 6.45) is 7.78. The van der Waals surface area contributed by atoms with E-state index in [0.29, 0.717) is 23.1 Å². The van der Waals surface area contributed by atoms with Crippen molar-refractivity contribution in [3.05, 3.63) is 47.5 Å². The lowest BCUT2D eigenvalue weighted by atomic mass is 10.2. The van der Waals surface area contributed by atoms with Crippen molar-refractivity contribution in [2.45, 2.75) is 19.1 Å². The zero-order valence-corrected chi connectivity index (χ0v) is 15.7. The second kappa shape index (κ2) is 7.94. The monoisotopic (exact) mass is 385 g/mol. The van der Waals surface area contributed by atoms with Crippen LogP contribution in [0.4, 0.5) is 5.69 Å². The van der Waals surface area contributed by atoms with Gasteiger partial charge in [0.2, 0.25) is 0 Å². The standard InChI is InChI=1S/C19H20ClN5O2/c1-26-18-11-22-10-17(19(18)27-13-2-3-21-9-13)25-8-12-6-15-16(7-14(12)20)24-5-4-23-15/h4-7,10-11,13,21,25H,2-3,8-9H2,1H3. The van der Waals surface area contributed by atoms with E-state index in [-0.39, 0.29) is 6.10 Å². The van der Waals surface area contributed by atoms with Crippen molar-refractivity contribution < 1.29 is 9.47 Å². The van der Waals surface area contributed by atoms with E-state index in [1.165, 1.54) is 0 Å². The number of rotatable bonds is 6. The van der Waals surface area contributed by atoms with Crippen LogP contribution in [0.25, 0.3) is 11.0 Å². The number of benzene rings is 1. The maximum atomic E-state index is 6.42. The first-order chi connectivity index (χ1) is 13.2. The summed E-state index contributed by atoms with van der Waals surface area (Å²) in [6, 6.07) is 3.76. The predicted octanol–water partition coefficient (Wildman–Crippen LogP) is 3.04. The molecule has 1 saturated heterocycles. The Balaban J connectivity index is 1.58. The predicted molar refractivity (Wildman–Crippen MR) is 105 cm³/mol. The Labute approximate surface area is 162 Å². The highest BCUT2D eigenvalue weighted by Crippen LogP contribution is 2.36. The minimum absolute atomic E-state index is 0.112. The van der Waals surface area contributed by atoms with Gasteiger partial charge in [0.15, 0.2) is 11.5 Å². The third kappa shape index (κ3) is 3.89. The molecule has 2 aromatic heterocycles. The van der Waals surface area contributed by atoms with Gasteiger partial charge in [-0.3, -0.25) is 15.0 Å². The number of anilines is 1. The minimum atomic E-state index is 0.112. The van der Waals surface area contributed by atoms with E-state index in [2.05, 4.69) is 25.6 Å². The van der Waals surface area contributed by atoms with Crippen molar-refractivity contribution in [2.24, 2.45) is 0 Å². The van der Waals surface area contributed by atoms with Crippen molar-refractivity contribution in [1.29, 1.82) is 0 Å². The van der Waals surface area contributed by atoms with E-state index in [4.69, 9.17) is 21.1 Å². The fourth-order valence-electron chi connectivity index (χ4n) is 3.07. The molecule has 0 bridgehead atoms. The highest BCUT2D eigenvalue weighted by molar-refractivity contribution is 6.32. The molecular formula is C19H20ClN5O2. The lowest BCUT2D eigenvalue weighted by Crippen LogP contribution is -2.20. The minimum Gasteiger partial charge on any atom is -0.491 e. The van der Waals surface area contributed by atoms with Gasteiger partial charge in [0.25, 0.3) is 0 Å². The molecule has 0 saturated carbocycles. The average Bonchev–Trinajstić information content (AvgIpc) is 3.20. The molecule has 0 spiro atoms. The zero-order chi connectivity index (χ0) is 18.6. The number of ether oxygens (including phenoxy) is 2. The fourth-order valence-corrected chi connectivity index (χ4v) is 3.30. The smallest absolute Gasteiger partial charge is 0.187 e. The Hall–Kier alpha value is -2.64. The summed E-state index contributed by atoms with van der Waals surface area (Å²) in [4.78, 5) is 12.9. The highest BCUT2D eigenvalue weighted by Gasteiger charge is 2.21. The number of methoxy groups -OCH3 is 1. The maximum Gasteiger partial charge on any atom is 0.187 e. The van der Waals surface area contributed by atoms with E-state index in [9.17, 15) is 0 Å². The first-order valence-electron chi connectivity index (χ1n) is 8.77. The van der Waals surface area contributed by atoms with Crippen LogP contribution in [0.5, 0.6) is 11.5 Å². The van der Waals surface area contributed by atoms with Gasteiger partial charge in [-0.2, -0.15) is 0 Å². The molecule has 3 aromatic rings. The van der Waals surface area contributed by atoms with E-state index >= 15 is 0 Å². The quantitative estimate of drug-likeness (QED) is 0.674. The Bertz CT molecular complexity index is 947. The molecule has 1 fully saturated rings. The Morgan fingerprint density at radius 3 is 2.78 bits per heavy atom. The summed E-state index contributed by atoms with van der Waals surface area (Å²) in [5.74, 6) is 1.26. The third-order valence-corrected chi connectivity index (χ3v) is 4.84. The summed E-state index contributed by atoms with van der Waals surface area (Å²) >= 11 is 6.42. The SMILES string of the molecule is COc1cncc(NCc2cc3nccnc3cc2Cl)c1OC1CCNC1. The van der Waals surface area contributed by atoms with Gasteiger partial charge in [-0.15, -0.1) is 0 Å². The molecule has 1 atom stereocenters. The van der Waals surface area contributed by atoms with Crippen LogP contribution in [-0.2, 0) is 6.54 Å². The summed E-state index contributed by atoms with van der Waals surface area (Å²) in [6.45, 7) is 2.27. The zero-order valence-electron chi connectivity index (χ0n) is 14.9. The molecule has 1 unspecified atom stereocenters. The number of nitrogens with zero attached hydrogens (tertiary/aromatic N) is 3. The van der Waals surface area contributed by atoms with Gasteiger partial charge in [-0.25, -0.2) is 0 Å². The van der Waals surface area contributed by atoms with Crippen LogP contribution < -0.4 is 20.1 Å². The fraction of sp³-hybridized carbons (Fsp3) is 0.316. The van der Waals surface area contributed by atoms with Crippen LogP contribution in [0.15, 0.2) is 36.9 Å². The molecule has 0 aliphatic carbocycles. The molecule has 4 rings (SSSR count). The second-order valence-corrected chi connectivity index (χ2v) is 6.70. The molecule has 140 valence electrons.